The maximum absolute atomic E-state index is 11.6. The summed E-state index contributed by atoms with van der Waals surface area (Å²) < 4.78 is 0. The summed E-state index contributed by atoms with van der Waals surface area (Å²) in [5.74, 6) is -0.873. The fourth-order valence-corrected chi connectivity index (χ4v) is 1.34. The Bertz CT molecular complexity index is 477. The smallest absolute Gasteiger partial charge is 0.321 e. The molecule has 3 N–H and O–H groups in total. The molecule has 104 valence electrons. The third-order valence-electron chi connectivity index (χ3n) is 2.57. The van der Waals surface area contributed by atoms with E-state index in [1.807, 2.05) is 0 Å². The number of carboxylic acid groups (broad SMARTS) is 1. The highest BCUT2D eigenvalue weighted by molar-refractivity contribution is 5.87. The molecular weight excluding hydrogens is 250 g/mol. The van der Waals surface area contributed by atoms with Crippen LogP contribution in [-0.2, 0) is 4.79 Å². The number of amides is 2. The number of carbonyl (C=O) groups excluding carboxylic acids is 1. The summed E-state index contributed by atoms with van der Waals surface area (Å²) in [6.45, 7) is 5.31. The Morgan fingerprint density at radius 2 is 1.95 bits per heavy atom. The van der Waals surface area contributed by atoms with Gasteiger partial charge in [0.15, 0.2) is 0 Å². The number of rotatable bonds is 5. The van der Waals surface area contributed by atoms with Crippen LogP contribution < -0.4 is 10.6 Å². The molecule has 1 aromatic rings. The van der Waals surface area contributed by atoms with Crippen molar-refractivity contribution >= 4 is 17.9 Å². The van der Waals surface area contributed by atoms with Crippen LogP contribution in [0.5, 0.6) is 0 Å². The van der Waals surface area contributed by atoms with E-state index in [0.717, 1.165) is 0 Å². The van der Waals surface area contributed by atoms with Gasteiger partial charge in [-0.1, -0.05) is 6.92 Å². The first-order valence-corrected chi connectivity index (χ1v) is 5.89. The fourth-order valence-electron chi connectivity index (χ4n) is 1.34. The average molecular weight is 267 g/mol. The number of nitrogens with zero attached hydrogens (tertiary/aromatic N) is 3. The van der Waals surface area contributed by atoms with Gasteiger partial charge in [-0.15, -0.1) is 5.10 Å². The third-order valence-corrected chi connectivity index (χ3v) is 2.57. The van der Waals surface area contributed by atoms with Crippen LogP contribution in [0.4, 0.5) is 10.7 Å². The second-order valence-electron chi connectivity index (χ2n) is 4.11. The lowest BCUT2D eigenvalue weighted by Crippen LogP contribution is -2.39. The molecule has 0 saturated carbocycles. The monoisotopic (exact) mass is 267 g/mol. The van der Waals surface area contributed by atoms with Gasteiger partial charge in [0, 0.05) is 6.04 Å². The number of carboxylic acids is 1. The number of anilines is 1. The zero-order valence-electron chi connectivity index (χ0n) is 11.1. The molecule has 8 nitrogen and oxygen atoms in total. The number of aromatic nitrogens is 3. The summed E-state index contributed by atoms with van der Waals surface area (Å²) in [6, 6.07) is -0.977. The molecule has 2 amide bonds. The second kappa shape index (κ2) is 6.62. The number of aliphatic carboxylic acids is 1. The molecule has 0 radical (unpaired) electrons. The zero-order chi connectivity index (χ0) is 14.4. The van der Waals surface area contributed by atoms with Gasteiger partial charge in [0.1, 0.15) is 0 Å². The SMILES string of the molecule is CCC(CC(=O)O)NC(=O)Nc1nnc(C)c(C)n1. The van der Waals surface area contributed by atoms with Crippen LogP contribution in [-0.4, -0.2) is 38.3 Å². The van der Waals surface area contributed by atoms with Gasteiger partial charge in [-0.2, -0.15) is 5.10 Å². The first kappa shape index (κ1) is 14.8. The maximum atomic E-state index is 11.6. The summed E-state index contributed by atoms with van der Waals surface area (Å²) in [7, 11) is 0. The molecule has 0 saturated heterocycles. The van der Waals surface area contributed by atoms with E-state index in [9.17, 15) is 9.59 Å². The number of hydrogen-bond acceptors (Lipinski definition) is 5. The number of aryl methyl sites for hydroxylation is 2. The Morgan fingerprint density at radius 3 is 2.47 bits per heavy atom. The lowest BCUT2D eigenvalue weighted by molar-refractivity contribution is -0.137. The van der Waals surface area contributed by atoms with Crippen LogP contribution >= 0.6 is 0 Å². The van der Waals surface area contributed by atoms with Gasteiger partial charge in [-0.05, 0) is 20.3 Å². The van der Waals surface area contributed by atoms with Crippen molar-refractivity contribution in [3.05, 3.63) is 11.4 Å². The van der Waals surface area contributed by atoms with E-state index in [0.29, 0.717) is 17.8 Å². The van der Waals surface area contributed by atoms with Crippen LogP contribution in [0.15, 0.2) is 0 Å². The zero-order valence-corrected chi connectivity index (χ0v) is 11.1. The van der Waals surface area contributed by atoms with Crippen molar-refractivity contribution < 1.29 is 14.7 Å². The Hall–Kier alpha value is -2.25. The van der Waals surface area contributed by atoms with Crippen LogP contribution in [0.1, 0.15) is 31.2 Å². The van der Waals surface area contributed by atoms with Gasteiger partial charge in [-0.25, -0.2) is 9.78 Å². The molecule has 1 unspecified atom stereocenters. The van der Waals surface area contributed by atoms with E-state index in [1.165, 1.54) is 0 Å². The van der Waals surface area contributed by atoms with E-state index in [1.54, 1.807) is 20.8 Å². The van der Waals surface area contributed by atoms with Gasteiger partial charge in [0.2, 0.25) is 0 Å². The summed E-state index contributed by atoms with van der Waals surface area (Å²) in [5, 5.41) is 21.2. The van der Waals surface area contributed by atoms with Crippen molar-refractivity contribution in [2.24, 2.45) is 0 Å². The van der Waals surface area contributed by atoms with Crippen molar-refractivity contribution in [2.75, 3.05) is 5.32 Å². The quantitative estimate of drug-likeness (QED) is 0.728. The topological polar surface area (TPSA) is 117 Å². The molecule has 0 aliphatic rings. The highest BCUT2D eigenvalue weighted by Gasteiger charge is 2.14. The first-order valence-electron chi connectivity index (χ1n) is 5.89. The molecule has 0 aliphatic heterocycles. The molecule has 0 aliphatic carbocycles. The highest BCUT2D eigenvalue weighted by atomic mass is 16.4. The van der Waals surface area contributed by atoms with Gasteiger partial charge < -0.3 is 10.4 Å². The number of carbonyl (C=O) groups is 2. The van der Waals surface area contributed by atoms with E-state index in [4.69, 9.17) is 5.11 Å². The molecule has 0 spiro atoms. The van der Waals surface area contributed by atoms with Gasteiger partial charge in [0.05, 0.1) is 17.8 Å². The lowest BCUT2D eigenvalue weighted by Gasteiger charge is -2.14. The van der Waals surface area contributed by atoms with Gasteiger partial charge in [-0.3, -0.25) is 10.1 Å². The number of urea groups is 1. The molecule has 1 atom stereocenters. The minimum atomic E-state index is -0.962. The first-order chi connectivity index (χ1) is 8.92. The number of hydrogen-bond donors (Lipinski definition) is 3. The predicted octanol–water partition coefficient (Wildman–Crippen LogP) is 0.863. The average Bonchev–Trinajstić information content (AvgIpc) is 2.32. The fraction of sp³-hybridized carbons (Fsp3) is 0.545. The summed E-state index contributed by atoms with van der Waals surface area (Å²) in [5.41, 5.74) is 1.35. The molecule has 0 aromatic carbocycles. The van der Waals surface area contributed by atoms with Gasteiger partial charge in [0.25, 0.3) is 5.95 Å². The molecule has 8 heteroatoms. The van der Waals surface area contributed by atoms with Crippen molar-refractivity contribution in [1.82, 2.24) is 20.5 Å². The molecule has 0 fully saturated rings. The highest BCUT2D eigenvalue weighted by Crippen LogP contribution is 2.03. The van der Waals surface area contributed by atoms with E-state index in [-0.39, 0.29) is 12.4 Å². The molecule has 1 heterocycles. The largest absolute Gasteiger partial charge is 0.481 e. The van der Waals surface area contributed by atoms with Gasteiger partial charge >= 0.3 is 12.0 Å². The Balaban J connectivity index is 2.58. The second-order valence-corrected chi connectivity index (χ2v) is 4.11. The predicted molar refractivity (Wildman–Crippen MR) is 67.8 cm³/mol. The van der Waals surface area contributed by atoms with Crippen molar-refractivity contribution in [3.8, 4) is 0 Å². The molecule has 19 heavy (non-hydrogen) atoms. The van der Waals surface area contributed by atoms with Crippen LogP contribution in [0.25, 0.3) is 0 Å². The van der Waals surface area contributed by atoms with E-state index < -0.39 is 18.0 Å². The van der Waals surface area contributed by atoms with E-state index in [2.05, 4.69) is 25.8 Å². The molecule has 1 aromatic heterocycles. The van der Waals surface area contributed by atoms with Crippen molar-refractivity contribution in [2.45, 2.75) is 39.7 Å². The van der Waals surface area contributed by atoms with E-state index >= 15 is 0 Å². The molecule has 0 bridgehead atoms. The summed E-state index contributed by atoms with van der Waals surface area (Å²) in [4.78, 5) is 26.3. The minimum absolute atomic E-state index is 0.0887. The number of nitrogens with one attached hydrogen (secondary N) is 2. The van der Waals surface area contributed by atoms with Crippen molar-refractivity contribution in [1.29, 1.82) is 0 Å². The molecular formula is C11H17N5O3. The maximum Gasteiger partial charge on any atom is 0.321 e. The Kier molecular flexibility index (Phi) is 5.16. The summed E-state index contributed by atoms with van der Waals surface area (Å²) >= 11 is 0. The normalized spacial score (nSPS) is 11.7. The molecule has 1 rings (SSSR count). The standard InChI is InChI=1S/C11H17N5O3/c1-4-8(5-9(17)18)13-11(19)14-10-12-6(2)7(3)15-16-10/h8H,4-5H2,1-3H3,(H,17,18)(H2,12,13,14,16,19). The van der Waals surface area contributed by atoms with Crippen LogP contribution in [0.3, 0.4) is 0 Å². The third kappa shape index (κ3) is 4.86. The van der Waals surface area contributed by atoms with Crippen LogP contribution in [0, 0.1) is 13.8 Å². The minimum Gasteiger partial charge on any atom is -0.481 e. The van der Waals surface area contributed by atoms with Crippen LogP contribution in [0.2, 0.25) is 0 Å². The van der Waals surface area contributed by atoms with Crippen molar-refractivity contribution in [3.63, 3.8) is 0 Å². The Morgan fingerprint density at radius 1 is 1.26 bits per heavy atom. The Labute approximate surface area is 110 Å². The lowest BCUT2D eigenvalue weighted by atomic mass is 10.1. The summed E-state index contributed by atoms with van der Waals surface area (Å²) in [6.07, 6.45) is 0.391.